The zero-order valence-electron chi connectivity index (χ0n) is 6.75. The maximum atomic E-state index is 8.62. The van der Waals surface area contributed by atoms with Crippen molar-refractivity contribution in [3.8, 4) is 0 Å². The van der Waals surface area contributed by atoms with Crippen molar-refractivity contribution >= 4 is 23.4 Å². The average Bonchev–Trinajstić information content (AvgIpc) is 2.07. The highest BCUT2D eigenvalue weighted by Crippen LogP contribution is 2.23. The largest absolute Gasteiger partial charge is 0.396 e. The van der Waals surface area contributed by atoms with Crippen LogP contribution in [0.1, 0.15) is 5.56 Å². The number of aliphatic hydroxyl groups excluding tert-OH is 1. The third-order valence-corrected chi connectivity index (χ3v) is 2.71. The molecule has 0 saturated carbocycles. The molecule has 4 heteroatoms. The summed E-state index contributed by atoms with van der Waals surface area (Å²) in [6.07, 6.45) is 1.74. The van der Waals surface area contributed by atoms with Gasteiger partial charge in [-0.1, -0.05) is 11.6 Å². The highest BCUT2D eigenvalue weighted by atomic mass is 35.5. The Morgan fingerprint density at radius 2 is 2.42 bits per heavy atom. The topological polar surface area (TPSA) is 33.1 Å². The second kappa shape index (κ2) is 4.70. The molecule has 0 fully saturated rings. The quantitative estimate of drug-likeness (QED) is 0.604. The van der Waals surface area contributed by atoms with Gasteiger partial charge in [0, 0.05) is 16.8 Å². The minimum Gasteiger partial charge on any atom is -0.396 e. The Hall–Kier alpha value is -0.250. The first-order valence-corrected chi connectivity index (χ1v) is 4.96. The van der Waals surface area contributed by atoms with Gasteiger partial charge in [0.2, 0.25) is 0 Å². The van der Waals surface area contributed by atoms with Gasteiger partial charge in [-0.25, -0.2) is 4.98 Å². The van der Waals surface area contributed by atoms with Gasteiger partial charge in [0.1, 0.15) is 5.15 Å². The fraction of sp³-hybridized carbons (Fsp3) is 0.375. The van der Waals surface area contributed by atoms with Crippen LogP contribution in [0.15, 0.2) is 17.2 Å². The molecule has 0 aliphatic carbocycles. The second-order valence-corrected chi connectivity index (χ2v) is 3.87. The Balaban J connectivity index is 2.75. The molecule has 0 amide bonds. The number of aliphatic hydroxyl groups is 1. The van der Waals surface area contributed by atoms with Crippen molar-refractivity contribution in [2.75, 3.05) is 12.4 Å². The van der Waals surface area contributed by atoms with Crippen LogP contribution >= 0.6 is 23.4 Å². The van der Waals surface area contributed by atoms with Gasteiger partial charge in [-0.05, 0) is 18.6 Å². The fourth-order valence-electron chi connectivity index (χ4n) is 0.792. The lowest BCUT2D eigenvalue weighted by atomic mass is 10.3. The number of aromatic nitrogens is 1. The maximum Gasteiger partial charge on any atom is 0.130 e. The number of rotatable bonds is 3. The minimum absolute atomic E-state index is 0.185. The fourth-order valence-corrected chi connectivity index (χ4v) is 1.80. The van der Waals surface area contributed by atoms with Crippen molar-refractivity contribution in [1.82, 2.24) is 4.98 Å². The van der Waals surface area contributed by atoms with Gasteiger partial charge in [-0.2, -0.15) is 0 Å². The summed E-state index contributed by atoms with van der Waals surface area (Å²) in [5.74, 6) is 0.696. The maximum absolute atomic E-state index is 8.62. The zero-order chi connectivity index (χ0) is 8.97. The first kappa shape index (κ1) is 9.84. The van der Waals surface area contributed by atoms with Crippen molar-refractivity contribution in [1.29, 1.82) is 0 Å². The molecule has 1 aromatic heterocycles. The van der Waals surface area contributed by atoms with Crippen LogP contribution in [0.2, 0.25) is 5.15 Å². The summed E-state index contributed by atoms with van der Waals surface area (Å²) in [4.78, 5) is 5.02. The first-order chi connectivity index (χ1) is 5.74. The Kier molecular flexibility index (Phi) is 3.85. The van der Waals surface area contributed by atoms with E-state index in [0.717, 1.165) is 10.5 Å². The zero-order valence-corrected chi connectivity index (χ0v) is 8.32. The Morgan fingerprint density at radius 1 is 1.67 bits per heavy atom. The second-order valence-electron chi connectivity index (χ2n) is 2.34. The van der Waals surface area contributed by atoms with Gasteiger partial charge < -0.3 is 5.11 Å². The van der Waals surface area contributed by atoms with E-state index in [-0.39, 0.29) is 6.61 Å². The monoisotopic (exact) mass is 203 g/mol. The molecule has 1 rings (SSSR count). The summed E-state index contributed by atoms with van der Waals surface area (Å²) >= 11 is 7.30. The number of pyridine rings is 1. The summed E-state index contributed by atoms with van der Waals surface area (Å²) in [6, 6.07) is 1.82. The smallest absolute Gasteiger partial charge is 0.130 e. The van der Waals surface area contributed by atoms with Gasteiger partial charge in [0.25, 0.3) is 0 Å². The minimum atomic E-state index is 0.185. The first-order valence-electron chi connectivity index (χ1n) is 3.60. The van der Waals surface area contributed by atoms with Crippen LogP contribution in [0.3, 0.4) is 0 Å². The van der Waals surface area contributed by atoms with Gasteiger partial charge in [-0.3, -0.25) is 0 Å². The van der Waals surface area contributed by atoms with Crippen LogP contribution < -0.4 is 0 Å². The van der Waals surface area contributed by atoms with E-state index in [0.29, 0.717) is 10.9 Å². The molecular weight excluding hydrogens is 194 g/mol. The van der Waals surface area contributed by atoms with E-state index >= 15 is 0 Å². The number of thioether (sulfide) groups is 1. The molecule has 1 heterocycles. The predicted octanol–water partition coefficient (Wildman–Crippen LogP) is 2.13. The normalized spacial score (nSPS) is 10.2. The van der Waals surface area contributed by atoms with Crippen LogP contribution in [0.4, 0.5) is 0 Å². The van der Waals surface area contributed by atoms with E-state index in [9.17, 15) is 0 Å². The van der Waals surface area contributed by atoms with Crippen molar-refractivity contribution < 1.29 is 5.11 Å². The predicted molar refractivity (Wildman–Crippen MR) is 51.8 cm³/mol. The Morgan fingerprint density at radius 3 is 3.08 bits per heavy atom. The molecule has 2 nitrogen and oxygen atoms in total. The van der Waals surface area contributed by atoms with E-state index in [1.54, 1.807) is 18.0 Å². The highest BCUT2D eigenvalue weighted by Gasteiger charge is 1.99. The Labute approximate surface area is 81.0 Å². The molecule has 0 saturated heterocycles. The van der Waals surface area contributed by atoms with E-state index < -0.39 is 0 Å². The Bertz CT molecular complexity index is 267. The molecule has 0 aromatic carbocycles. The highest BCUT2D eigenvalue weighted by molar-refractivity contribution is 7.99. The average molecular weight is 204 g/mol. The third kappa shape index (κ3) is 2.66. The van der Waals surface area contributed by atoms with Gasteiger partial charge in [0.05, 0.1) is 6.61 Å². The number of nitrogens with zero attached hydrogens (tertiary/aromatic N) is 1. The molecule has 0 radical (unpaired) electrons. The summed E-state index contributed by atoms with van der Waals surface area (Å²) in [5, 5.41) is 9.12. The van der Waals surface area contributed by atoms with Crippen LogP contribution in [-0.2, 0) is 0 Å². The number of hydrogen-bond acceptors (Lipinski definition) is 3. The molecule has 12 heavy (non-hydrogen) atoms. The summed E-state index contributed by atoms with van der Waals surface area (Å²) < 4.78 is 0. The molecular formula is C8H10ClNOS. The molecule has 0 unspecified atom stereocenters. The van der Waals surface area contributed by atoms with E-state index in [1.807, 2.05) is 13.0 Å². The molecule has 0 bridgehead atoms. The van der Waals surface area contributed by atoms with Crippen molar-refractivity contribution in [3.63, 3.8) is 0 Å². The SMILES string of the molecule is Cc1cnc(Cl)cc1SCCO. The van der Waals surface area contributed by atoms with E-state index in [1.165, 1.54) is 0 Å². The van der Waals surface area contributed by atoms with Gasteiger partial charge in [0.15, 0.2) is 0 Å². The summed E-state index contributed by atoms with van der Waals surface area (Å²) in [7, 11) is 0. The van der Waals surface area contributed by atoms with Crippen LogP contribution in [0.25, 0.3) is 0 Å². The lowest BCUT2D eigenvalue weighted by molar-refractivity contribution is 0.322. The molecule has 0 atom stereocenters. The van der Waals surface area contributed by atoms with Crippen LogP contribution in [-0.4, -0.2) is 22.5 Å². The van der Waals surface area contributed by atoms with Gasteiger partial charge in [-0.15, -0.1) is 11.8 Å². The molecule has 1 N–H and O–H groups in total. The standard InChI is InChI=1S/C8H10ClNOS/c1-6-5-10-8(9)4-7(6)12-3-2-11/h4-5,11H,2-3H2,1H3. The number of halogens is 1. The molecule has 0 aliphatic rings. The van der Waals surface area contributed by atoms with Crippen LogP contribution in [0, 0.1) is 6.92 Å². The van der Waals surface area contributed by atoms with Gasteiger partial charge >= 0.3 is 0 Å². The molecule has 0 spiro atoms. The molecule has 66 valence electrons. The lowest BCUT2D eigenvalue weighted by Gasteiger charge is -2.03. The van der Waals surface area contributed by atoms with Crippen molar-refractivity contribution in [2.45, 2.75) is 11.8 Å². The molecule has 0 aliphatic heterocycles. The molecule has 1 aromatic rings. The number of aryl methyl sites for hydroxylation is 1. The lowest BCUT2D eigenvalue weighted by Crippen LogP contribution is -1.88. The summed E-state index contributed by atoms with van der Waals surface area (Å²) in [5.41, 5.74) is 1.10. The van der Waals surface area contributed by atoms with Crippen molar-refractivity contribution in [2.24, 2.45) is 0 Å². The van der Waals surface area contributed by atoms with Crippen LogP contribution in [0.5, 0.6) is 0 Å². The van der Waals surface area contributed by atoms with Crippen molar-refractivity contribution in [3.05, 3.63) is 23.0 Å². The number of hydrogen-bond donors (Lipinski definition) is 1. The van der Waals surface area contributed by atoms with E-state index in [4.69, 9.17) is 16.7 Å². The van der Waals surface area contributed by atoms with E-state index in [2.05, 4.69) is 4.98 Å². The third-order valence-electron chi connectivity index (χ3n) is 1.37. The summed E-state index contributed by atoms with van der Waals surface area (Å²) in [6.45, 7) is 2.16.